The molecule has 1 aliphatic heterocycles. The summed E-state index contributed by atoms with van der Waals surface area (Å²) in [5.74, 6) is 2.14. The third-order valence-corrected chi connectivity index (χ3v) is 3.89. The van der Waals surface area contributed by atoms with E-state index in [0.717, 1.165) is 25.3 Å². The minimum absolute atomic E-state index is 0.575. The number of hydrogen-bond donors (Lipinski definition) is 1. The molecule has 3 nitrogen and oxygen atoms in total. The van der Waals surface area contributed by atoms with Crippen LogP contribution in [0.15, 0.2) is 12.1 Å². The Morgan fingerprint density at radius 1 is 1.22 bits per heavy atom. The van der Waals surface area contributed by atoms with Gasteiger partial charge in [-0.15, -0.1) is 0 Å². The van der Waals surface area contributed by atoms with Gasteiger partial charge in [0.05, 0.1) is 14.2 Å². The van der Waals surface area contributed by atoms with Gasteiger partial charge in [0.1, 0.15) is 16.5 Å². The van der Waals surface area contributed by atoms with Crippen LogP contribution >= 0.6 is 11.6 Å². The summed E-state index contributed by atoms with van der Waals surface area (Å²) in [4.78, 5) is 0. The summed E-state index contributed by atoms with van der Waals surface area (Å²) in [6, 6.07) is 3.98. The first-order chi connectivity index (χ1) is 8.76. The number of halogens is 1. The third kappa shape index (κ3) is 2.90. The van der Waals surface area contributed by atoms with E-state index in [0.29, 0.717) is 16.7 Å². The molecule has 1 heterocycles. The van der Waals surface area contributed by atoms with Crippen LogP contribution in [0.4, 0.5) is 0 Å². The van der Waals surface area contributed by atoms with Gasteiger partial charge in [-0.05, 0) is 49.9 Å². The van der Waals surface area contributed by atoms with E-state index in [1.54, 1.807) is 14.2 Å². The molecule has 1 aliphatic rings. The largest absolute Gasteiger partial charge is 0.495 e. The highest BCUT2D eigenvalue weighted by atomic mass is 35.5. The Labute approximate surface area is 113 Å². The van der Waals surface area contributed by atoms with Gasteiger partial charge in [-0.3, -0.25) is 0 Å². The monoisotopic (exact) mass is 269 g/mol. The molecule has 4 heteroatoms. The van der Waals surface area contributed by atoms with E-state index in [9.17, 15) is 0 Å². The number of methoxy groups -OCH3 is 2. The molecule has 0 bridgehead atoms. The van der Waals surface area contributed by atoms with Gasteiger partial charge in [-0.1, -0.05) is 17.7 Å². The number of nitrogens with one attached hydrogen (secondary N) is 1. The van der Waals surface area contributed by atoms with Crippen LogP contribution in [0.5, 0.6) is 11.5 Å². The molecule has 1 aromatic carbocycles. The quantitative estimate of drug-likeness (QED) is 0.912. The van der Waals surface area contributed by atoms with Gasteiger partial charge < -0.3 is 14.8 Å². The van der Waals surface area contributed by atoms with Crippen molar-refractivity contribution in [1.29, 1.82) is 0 Å². The van der Waals surface area contributed by atoms with Crippen LogP contribution in [0.2, 0.25) is 5.02 Å². The number of piperidine rings is 1. The smallest absolute Gasteiger partial charge is 0.144 e. The normalized spacial score (nSPS) is 16.6. The first kappa shape index (κ1) is 13.5. The Kier molecular flexibility index (Phi) is 4.72. The van der Waals surface area contributed by atoms with Gasteiger partial charge in [0.25, 0.3) is 0 Å². The first-order valence-electron chi connectivity index (χ1n) is 6.36. The Bertz CT molecular complexity index is 403. The van der Waals surface area contributed by atoms with Crippen LogP contribution in [0.3, 0.4) is 0 Å². The van der Waals surface area contributed by atoms with Crippen molar-refractivity contribution in [3.05, 3.63) is 22.7 Å². The van der Waals surface area contributed by atoms with Gasteiger partial charge in [0, 0.05) is 0 Å². The molecule has 0 unspecified atom stereocenters. The van der Waals surface area contributed by atoms with Crippen LogP contribution in [0.25, 0.3) is 0 Å². The standard InChI is InChI=1S/C14H20ClNO2/c1-17-12-4-3-11(14(18-2)13(12)15)9-10-5-7-16-8-6-10/h3-4,10,16H,5-9H2,1-2H3. The SMILES string of the molecule is COc1ccc(CC2CCNCC2)c(OC)c1Cl. The summed E-state index contributed by atoms with van der Waals surface area (Å²) in [5, 5.41) is 3.96. The van der Waals surface area contributed by atoms with Crippen molar-refractivity contribution in [3.8, 4) is 11.5 Å². The van der Waals surface area contributed by atoms with E-state index < -0.39 is 0 Å². The third-order valence-electron chi connectivity index (χ3n) is 3.53. The maximum atomic E-state index is 6.27. The van der Waals surface area contributed by atoms with Crippen molar-refractivity contribution >= 4 is 11.6 Å². The first-order valence-corrected chi connectivity index (χ1v) is 6.74. The lowest BCUT2D eigenvalue weighted by Gasteiger charge is -2.23. The van der Waals surface area contributed by atoms with Gasteiger partial charge in [0.15, 0.2) is 0 Å². The lowest BCUT2D eigenvalue weighted by atomic mass is 9.90. The van der Waals surface area contributed by atoms with Crippen molar-refractivity contribution in [2.75, 3.05) is 27.3 Å². The van der Waals surface area contributed by atoms with Crippen molar-refractivity contribution in [1.82, 2.24) is 5.32 Å². The average molecular weight is 270 g/mol. The highest BCUT2D eigenvalue weighted by Crippen LogP contribution is 2.38. The molecule has 18 heavy (non-hydrogen) atoms. The predicted octanol–water partition coefficient (Wildman–Crippen LogP) is 2.90. The molecule has 1 N–H and O–H groups in total. The van der Waals surface area contributed by atoms with Crippen LogP contribution in [0.1, 0.15) is 18.4 Å². The van der Waals surface area contributed by atoms with Crippen molar-refractivity contribution in [2.24, 2.45) is 5.92 Å². The predicted molar refractivity (Wildman–Crippen MR) is 73.9 cm³/mol. The molecule has 0 aromatic heterocycles. The molecule has 0 amide bonds. The zero-order valence-corrected chi connectivity index (χ0v) is 11.7. The summed E-state index contributed by atoms with van der Waals surface area (Å²) >= 11 is 6.27. The Hall–Kier alpha value is -0.930. The summed E-state index contributed by atoms with van der Waals surface area (Å²) in [5.41, 5.74) is 1.18. The summed E-state index contributed by atoms with van der Waals surface area (Å²) in [6.07, 6.45) is 3.45. The maximum absolute atomic E-state index is 6.27. The van der Waals surface area contributed by atoms with E-state index in [-0.39, 0.29) is 0 Å². The summed E-state index contributed by atoms with van der Waals surface area (Å²) < 4.78 is 10.6. The molecular formula is C14H20ClNO2. The lowest BCUT2D eigenvalue weighted by molar-refractivity contribution is 0.358. The number of rotatable bonds is 4. The Morgan fingerprint density at radius 3 is 2.56 bits per heavy atom. The van der Waals surface area contributed by atoms with Gasteiger partial charge >= 0.3 is 0 Å². The number of hydrogen-bond acceptors (Lipinski definition) is 3. The van der Waals surface area contributed by atoms with Crippen molar-refractivity contribution < 1.29 is 9.47 Å². The lowest BCUT2D eigenvalue weighted by Crippen LogP contribution is -2.28. The minimum Gasteiger partial charge on any atom is -0.495 e. The van der Waals surface area contributed by atoms with E-state index in [1.807, 2.05) is 6.07 Å². The molecule has 0 radical (unpaired) electrons. The zero-order valence-electron chi connectivity index (χ0n) is 11.0. The fourth-order valence-electron chi connectivity index (χ4n) is 2.51. The zero-order chi connectivity index (χ0) is 13.0. The van der Waals surface area contributed by atoms with Gasteiger partial charge in [0.2, 0.25) is 0 Å². The highest BCUT2D eigenvalue weighted by molar-refractivity contribution is 6.33. The fourth-order valence-corrected chi connectivity index (χ4v) is 2.85. The molecule has 1 fully saturated rings. The van der Waals surface area contributed by atoms with Crippen LogP contribution in [-0.2, 0) is 6.42 Å². The van der Waals surface area contributed by atoms with E-state index in [2.05, 4.69) is 11.4 Å². The Morgan fingerprint density at radius 2 is 1.94 bits per heavy atom. The molecular weight excluding hydrogens is 250 g/mol. The van der Waals surface area contributed by atoms with Gasteiger partial charge in [-0.2, -0.15) is 0 Å². The van der Waals surface area contributed by atoms with E-state index in [1.165, 1.54) is 18.4 Å². The summed E-state index contributed by atoms with van der Waals surface area (Å²) in [6.45, 7) is 2.22. The van der Waals surface area contributed by atoms with Crippen molar-refractivity contribution in [3.63, 3.8) is 0 Å². The fraction of sp³-hybridized carbons (Fsp3) is 0.571. The second-order valence-electron chi connectivity index (χ2n) is 4.67. The molecule has 0 saturated carbocycles. The van der Waals surface area contributed by atoms with Crippen LogP contribution < -0.4 is 14.8 Å². The topological polar surface area (TPSA) is 30.5 Å². The molecule has 0 spiro atoms. The second-order valence-corrected chi connectivity index (χ2v) is 5.05. The summed E-state index contributed by atoms with van der Waals surface area (Å²) in [7, 11) is 3.28. The number of benzene rings is 1. The minimum atomic E-state index is 0.575. The van der Waals surface area contributed by atoms with Gasteiger partial charge in [-0.25, -0.2) is 0 Å². The van der Waals surface area contributed by atoms with E-state index >= 15 is 0 Å². The molecule has 0 aliphatic carbocycles. The number of ether oxygens (including phenoxy) is 2. The van der Waals surface area contributed by atoms with Crippen molar-refractivity contribution in [2.45, 2.75) is 19.3 Å². The highest BCUT2D eigenvalue weighted by Gasteiger charge is 2.18. The van der Waals surface area contributed by atoms with Crippen LogP contribution in [0, 0.1) is 5.92 Å². The maximum Gasteiger partial charge on any atom is 0.144 e. The second kappa shape index (κ2) is 6.30. The molecule has 1 saturated heterocycles. The van der Waals surface area contributed by atoms with E-state index in [4.69, 9.17) is 21.1 Å². The Balaban J connectivity index is 2.18. The molecule has 0 atom stereocenters. The molecule has 1 aromatic rings. The molecule has 2 rings (SSSR count). The molecule has 100 valence electrons. The van der Waals surface area contributed by atoms with Crippen LogP contribution in [-0.4, -0.2) is 27.3 Å². The average Bonchev–Trinajstić information content (AvgIpc) is 2.40.